The van der Waals surface area contributed by atoms with Crippen LogP contribution in [0.25, 0.3) is 0 Å². The molecule has 0 spiro atoms. The van der Waals surface area contributed by atoms with Crippen molar-refractivity contribution in [1.29, 1.82) is 0 Å². The average Bonchev–Trinajstić information content (AvgIpc) is 2.40. The molecule has 0 bridgehead atoms. The number of nitrogens with one attached hydrogen (secondary N) is 1. The van der Waals surface area contributed by atoms with Gasteiger partial charge in [-0.2, -0.15) is 11.8 Å². The van der Waals surface area contributed by atoms with E-state index in [1.165, 1.54) is 25.1 Å². The number of piperidine rings is 1. The Labute approximate surface area is 145 Å². The number of hydrogen-bond donors (Lipinski definition) is 1. The molecule has 0 aromatic heterocycles. The van der Waals surface area contributed by atoms with Crippen molar-refractivity contribution in [3.05, 3.63) is 0 Å². The van der Waals surface area contributed by atoms with E-state index in [2.05, 4.69) is 17.3 Å². The predicted octanol–water partition coefficient (Wildman–Crippen LogP) is 1.73. The molecule has 2 fully saturated rings. The summed E-state index contributed by atoms with van der Waals surface area (Å²) in [7, 11) is 4.14. The minimum Gasteiger partial charge on any atom is -0.345 e. The summed E-state index contributed by atoms with van der Waals surface area (Å²) in [4.78, 5) is 16.6. The number of thioether (sulfide) groups is 1. The van der Waals surface area contributed by atoms with E-state index in [-0.39, 0.29) is 24.8 Å². The normalized spacial score (nSPS) is 26.4. The van der Waals surface area contributed by atoms with Crippen molar-refractivity contribution in [2.45, 2.75) is 25.3 Å². The molecule has 1 N–H and O–H groups in total. The molecule has 0 aliphatic carbocycles. The summed E-state index contributed by atoms with van der Waals surface area (Å²) in [6.45, 7) is 4.30. The van der Waals surface area contributed by atoms with Crippen LogP contribution in [0.1, 0.15) is 19.3 Å². The number of amides is 1. The average molecular weight is 358 g/mol. The highest BCUT2D eigenvalue weighted by Gasteiger charge is 2.23. The van der Waals surface area contributed by atoms with Gasteiger partial charge in [-0.1, -0.05) is 0 Å². The first-order valence-electron chi connectivity index (χ1n) is 7.39. The Balaban J connectivity index is 0.00000200. The lowest BCUT2D eigenvalue weighted by molar-refractivity contribution is -0.131. The first kappa shape index (κ1) is 21.3. The van der Waals surface area contributed by atoms with E-state index in [1.54, 1.807) is 0 Å². The Kier molecular flexibility index (Phi) is 11.1. The fraction of sp³-hybridized carbons (Fsp3) is 0.929. The second-order valence-corrected chi connectivity index (χ2v) is 7.12. The van der Waals surface area contributed by atoms with Crippen molar-refractivity contribution in [3.63, 3.8) is 0 Å². The van der Waals surface area contributed by atoms with Crippen molar-refractivity contribution in [3.8, 4) is 0 Å². The molecule has 0 aromatic rings. The number of rotatable bonds is 4. The smallest absolute Gasteiger partial charge is 0.223 e. The van der Waals surface area contributed by atoms with E-state index in [1.807, 2.05) is 23.7 Å². The largest absolute Gasteiger partial charge is 0.345 e. The fourth-order valence-electron chi connectivity index (χ4n) is 3.03. The van der Waals surface area contributed by atoms with Gasteiger partial charge in [0.05, 0.1) is 0 Å². The van der Waals surface area contributed by atoms with Crippen LogP contribution in [0.4, 0.5) is 0 Å². The molecule has 126 valence electrons. The van der Waals surface area contributed by atoms with Crippen molar-refractivity contribution in [2.75, 3.05) is 51.8 Å². The number of nitrogens with zero attached hydrogens (tertiary/aromatic N) is 2. The topological polar surface area (TPSA) is 35.6 Å². The van der Waals surface area contributed by atoms with E-state index in [0.29, 0.717) is 24.3 Å². The zero-order chi connectivity index (χ0) is 13.7. The third-order valence-corrected chi connectivity index (χ3v) is 5.23. The Bertz CT molecular complexity index is 304. The molecule has 7 heteroatoms. The summed E-state index contributed by atoms with van der Waals surface area (Å²) >= 11 is 1.95. The number of carbonyl (C=O) groups is 1. The Morgan fingerprint density at radius 3 is 2.81 bits per heavy atom. The van der Waals surface area contributed by atoms with E-state index in [9.17, 15) is 4.79 Å². The van der Waals surface area contributed by atoms with Gasteiger partial charge in [0, 0.05) is 50.7 Å². The van der Waals surface area contributed by atoms with E-state index < -0.39 is 0 Å². The molecule has 2 aliphatic heterocycles. The van der Waals surface area contributed by atoms with Crippen LogP contribution in [0.3, 0.4) is 0 Å². The third kappa shape index (κ3) is 7.42. The number of carbonyl (C=O) groups excluding carboxylic acids is 1. The molecule has 0 radical (unpaired) electrons. The van der Waals surface area contributed by atoms with Gasteiger partial charge in [-0.3, -0.25) is 4.79 Å². The van der Waals surface area contributed by atoms with Crippen LogP contribution in [0.15, 0.2) is 0 Å². The maximum atomic E-state index is 12.2. The van der Waals surface area contributed by atoms with Crippen molar-refractivity contribution < 1.29 is 4.79 Å². The first-order chi connectivity index (χ1) is 9.15. The van der Waals surface area contributed by atoms with Gasteiger partial charge in [0.25, 0.3) is 0 Å². The Hall–Kier alpha value is 0.320. The molecule has 2 unspecified atom stereocenters. The first-order valence-corrected chi connectivity index (χ1v) is 8.54. The van der Waals surface area contributed by atoms with E-state index >= 15 is 0 Å². The van der Waals surface area contributed by atoms with Crippen LogP contribution in [-0.4, -0.2) is 73.5 Å². The standard InChI is InChI=1S/C14H27N3OS.2ClH/c1-16-6-3-4-12(9-16)10-17(2)14(18)8-13-11-19-7-5-15-13;;/h12-13,15H,3-11H2,1-2H3;2*1H. The molecular formula is C14H29Cl2N3OS. The van der Waals surface area contributed by atoms with Gasteiger partial charge >= 0.3 is 0 Å². The van der Waals surface area contributed by atoms with Gasteiger partial charge in [0.15, 0.2) is 0 Å². The van der Waals surface area contributed by atoms with E-state index in [4.69, 9.17) is 0 Å². The van der Waals surface area contributed by atoms with Gasteiger partial charge in [-0.25, -0.2) is 0 Å². The highest BCUT2D eigenvalue weighted by atomic mass is 35.5. The molecule has 4 nitrogen and oxygen atoms in total. The van der Waals surface area contributed by atoms with Crippen LogP contribution >= 0.6 is 36.6 Å². The Morgan fingerprint density at radius 2 is 2.19 bits per heavy atom. The van der Waals surface area contributed by atoms with Gasteiger partial charge < -0.3 is 15.1 Å². The van der Waals surface area contributed by atoms with Gasteiger partial charge in [-0.15, -0.1) is 24.8 Å². The quantitative estimate of drug-likeness (QED) is 0.830. The summed E-state index contributed by atoms with van der Waals surface area (Å²) < 4.78 is 0. The SMILES string of the molecule is CN1CCCC(CN(C)C(=O)CC2CSCCN2)C1.Cl.Cl. The highest BCUT2D eigenvalue weighted by molar-refractivity contribution is 7.99. The minimum atomic E-state index is 0. The van der Waals surface area contributed by atoms with Crippen molar-refractivity contribution in [1.82, 2.24) is 15.1 Å². The van der Waals surface area contributed by atoms with Gasteiger partial charge in [-0.05, 0) is 32.4 Å². The zero-order valence-corrected chi connectivity index (χ0v) is 15.5. The maximum Gasteiger partial charge on any atom is 0.223 e. The lowest BCUT2D eigenvalue weighted by Crippen LogP contribution is -2.44. The van der Waals surface area contributed by atoms with Crippen LogP contribution in [0.5, 0.6) is 0 Å². The molecule has 2 saturated heterocycles. The predicted molar refractivity (Wildman–Crippen MR) is 96.1 cm³/mol. The van der Waals surface area contributed by atoms with Crippen LogP contribution in [0.2, 0.25) is 0 Å². The van der Waals surface area contributed by atoms with E-state index in [0.717, 1.165) is 25.4 Å². The fourth-order valence-corrected chi connectivity index (χ4v) is 3.98. The molecule has 1 amide bonds. The maximum absolute atomic E-state index is 12.2. The molecule has 0 aromatic carbocycles. The number of hydrogen-bond acceptors (Lipinski definition) is 4. The minimum absolute atomic E-state index is 0. The molecule has 0 saturated carbocycles. The molecule has 2 heterocycles. The Morgan fingerprint density at radius 1 is 1.43 bits per heavy atom. The summed E-state index contributed by atoms with van der Waals surface area (Å²) in [6, 6.07) is 0.378. The molecule has 2 rings (SSSR count). The monoisotopic (exact) mass is 357 g/mol. The summed E-state index contributed by atoms with van der Waals surface area (Å²) in [5.41, 5.74) is 0. The highest BCUT2D eigenvalue weighted by Crippen LogP contribution is 2.17. The van der Waals surface area contributed by atoms with Gasteiger partial charge in [0.2, 0.25) is 5.91 Å². The van der Waals surface area contributed by atoms with Crippen molar-refractivity contribution in [2.24, 2.45) is 5.92 Å². The second-order valence-electron chi connectivity index (χ2n) is 5.97. The lowest BCUT2D eigenvalue weighted by Gasteiger charge is -2.33. The lowest BCUT2D eigenvalue weighted by atomic mass is 9.98. The summed E-state index contributed by atoms with van der Waals surface area (Å²) in [6.07, 6.45) is 3.19. The molecule has 2 atom stereocenters. The molecule has 2 aliphatic rings. The summed E-state index contributed by atoms with van der Waals surface area (Å²) in [5.74, 6) is 3.20. The zero-order valence-electron chi connectivity index (χ0n) is 13.0. The number of halogens is 2. The van der Waals surface area contributed by atoms with Crippen LogP contribution < -0.4 is 5.32 Å². The number of likely N-dealkylation sites (tertiary alicyclic amines) is 1. The summed E-state index contributed by atoms with van der Waals surface area (Å²) in [5, 5.41) is 3.44. The molecular weight excluding hydrogens is 329 g/mol. The van der Waals surface area contributed by atoms with Crippen molar-refractivity contribution >= 4 is 42.5 Å². The molecule has 21 heavy (non-hydrogen) atoms. The van der Waals surface area contributed by atoms with Crippen LogP contribution in [0, 0.1) is 5.92 Å². The van der Waals surface area contributed by atoms with Crippen LogP contribution in [-0.2, 0) is 4.79 Å². The second kappa shape index (κ2) is 10.9. The third-order valence-electron chi connectivity index (χ3n) is 4.10. The van der Waals surface area contributed by atoms with Gasteiger partial charge in [0.1, 0.15) is 0 Å².